The topological polar surface area (TPSA) is 22.1 Å². The van der Waals surface area contributed by atoms with Crippen LogP contribution in [0.3, 0.4) is 0 Å². The summed E-state index contributed by atoms with van der Waals surface area (Å²) in [6, 6.07) is 10.7. The maximum atomic E-state index is 5.54. The Kier molecular flexibility index (Phi) is 3.56. The van der Waals surface area contributed by atoms with Crippen LogP contribution in [0.4, 0.5) is 0 Å². The molecule has 0 bridgehead atoms. The highest BCUT2D eigenvalue weighted by Gasteiger charge is 2.15. The molecule has 1 atom stereocenters. The number of hydrogen-bond acceptors (Lipinski definition) is 2. The Bertz CT molecular complexity index is 580. The zero-order valence-corrected chi connectivity index (χ0v) is 12.5. The Morgan fingerprint density at radius 2 is 2.21 bits per heavy atom. The van der Waals surface area contributed by atoms with Gasteiger partial charge in [-0.1, -0.05) is 34.1 Å². The van der Waals surface area contributed by atoms with Crippen LogP contribution in [0.15, 0.2) is 36.5 Å². The van der Waals surface area contributed by atoms with E-state index >= 15 is 0 Å². The Balaban J connectivity index is 1.76. The van der Waals surface area contributed by atoms with E-state index in [0.717, 1.165) is 30.9 Å². The number of halogens is 1. The minimum absolute atomic E-state index is 0.300. The number of hydrogen-bond donors (Lipinski definition) is 0. The molecule has 2 aromatic rings. The van der Waals surface area contributed by atoms with Crippen LogP contribution in [0.2, 0.25) is 0 Å². The molecule has 98 valence electrons. The smallest absolute Gasteiger partial charge is 0.122 e. The second-order valence-corrected chi connectivity index (χ2v) is 6.07. The lowest BCUT2D eigenvalue weighted by Crippen LogP contribution is -1.98. The molecule has 3 rings (SSSR count). The summed E-state index contributed by atoms with van der Waals surface area (Å²) in [6.07, 6.45) is 3.84. The molecule has 0 fully saturated rings. The van der Waals surface area contributed by atoms with Crippen molar-refractivity contribution in [3.63, 3.8) is 0 Å². The monoisotopic (exact) mass is 317 g/mol. The minimum Gasteiger partial charge on any atom is -0.493 e. The number of fused-ring (bicyclic) bond motifs is 1. The molecule has 1 aliphatic heterocycles. The molecule has 1 unspecified atom stereocenters. The van der Waals surface area contributed by atoms with Gasteiger partial charge in [-0.2, -0.15) is 0 Å². The molecule has 1 aromatic heterocycles. The summed E-state index contributed by atoms with van der Waals surface area (Å²) in [5.74, 6) is 1.04. The van der Waals surface area contributed by atoms with Gasteiger partial charge in [0.05, 0.1) is 6.61 Å². The SMILES string of the molecule is Cc1ccc(CC(Br)c2ccc3c(c2)CCO3)nc1. The molecule has 0 N–H and O–H groups in total. The highest BCUT2D eigenvalue weighted by Crippen LogP contribution is 2.32. The molecule has 19 heavy (non-hydrogen) atoms. The molecule has 2 nitrogen and oxygen atoms in total. The van der Waals surface area contributed by atoms with Gasteiger partial charge < -0.3 is 4.74 Å². The highest BCUT2D eigenvalue weighted by molar-refractivity contribution is 9.09. The normalized spacial score (nSPS) is 14.8. The maximum absolute atomic E-state index is 5.54. The third-order valence-electron chi connectivity index (χ3n) is 3.44. The van der Waals surface area contributed by atoms with Gasteiger partial charge in [-0.25, -0.2) is 0 Å². The molecule has 0 radical (unpaired) electrons. The molecular weight excluding hydrogens is 302 g/mol. The van der Waals surface area contributed by atoms with Crippen molar-refractivity contribution in [2.75, 3.05) is 6.61 Å². The first-order chi connectivity index (χ1) is 9.22. The average Bonchev–Trinajstić information content (AvgIpc) is 2.88. The first-order valence-electron chi connectivity index (χ1n) is 6.53. The number of ether oxygens (including phenoxy) is 1. The summed E-state index contributed by atoms with van der Waals surface area (Å²) >= 11 is 3.77. The van der Waals surface area contributed by atoms with Gasteiger partial charge in [-0.3, -0.25) is 4.98 Å². The molecule has 3 heteroatoms. The van der Waals surface area contributed by atoms with Crippen LogP contribution < -0.4 is 4.74 Å². The third kappa shape index (κ3) is 2.81. The van der Waals surface area contributed by atoms with E-state index in [-0.39, 0.29) is 0 Å². The maximum Gasteiger partial charge on any atom is 0.122 e. The van der Waals surface area contributed by atoms with Crippen molar-refractivity contribution in [3.8, 4) is 5.75 Å². The number of pyridine rings is 1. The largest absolute Gasteiger partial charge is 0.493 e. The predicted molar refractivity (Wildman–Crippen MR) is 80.0 cm³/mol. The van der Waals surface area contributed by atoms with E-state index in [2.05, 4.69) is 58.2 Å². The zero-order valence-electron chi connectivity index (χ0n) is 10.9. The lowest BCUT2D eigenvalue weighted by Gasteiger charge is -2.11. The fraction of sp³-hybridized carbons (Fsp3) is 0.312. The van der Waals surface area contributed by atoms with Gasteiger partial charge in [-0.15, -0.1) is 0 Å². The van der Waals surface area contributed by atoms with E-state index in [4.69, 9.17) is 4.74 Å². The fourth-order valence-corrected chi connectivity index (χ4v) is 2.94. The number of aryl methyl sites for hydroxylation is 1. The number of alkyl halides is 1. The van der Waals surface area contributed by atoms with Crippen LogP contribution in [-0.2, 0) is 12.8 Å². The van der Waals surface area contributed by atoms with Gasteiger partial charge in [0.2, 0.25) is 0 Å². The van der Waals surface area contributed by atoms with Gasteiger partial charge in [0.25, 0.3) is 0 Å². The average molecular weight is 318 g/mol. The van der Waals surface area contributed by atoms with E-state index in [1.54, 1.807) is 0 Å². The van der Waals surface area contributed by atoms with Gasteiger partial charge in [0, 0.05) is 29.6 Å². The van der Waals surface area contributed by atoms with Gasteiger partial charge in [0.15, 0.2) is 0 Å². The number of aromatic nitrogens is 1. The van der Waals surface area contributed by atoms with Crippen LogP contribution in [0.25, 0.3) is 0 Å². The van der Waals surface area contributed by atoms with E-state index in [1.165, 1.54) is 16.7 Å². The van der Waals surface area contributed by atoms with Gasteiger partial charge in [-0.05, 0) is 35.7 Å². The number of benzene rings is 1. The van der Waals surface area contributed by atoms with Crippen LogP contribution >= 0.6 is 15.9 Å². The van der Waals surface area contributed by atoms with E-state index in [1.807, 2.05) is 6.20 Å². The molecule has 0 saturated carbocycles. The Labute approximate surface area is 122 Å². The molecule has 1 aliphatic rings. The van der Waals surface area contributed by atoms with Crippen molar-refractivity contribution in [1.29, 1.82) is 0 Å². The summed E-state index contributed by atoms with van der Waals surface area (Å²) in [6.45, 7) is 2.87. The quantitative estimate of drug-likeness (QED) is 0.798. The van der Waals surface area contributed by atoms with Crippen molar-refractivity contribution in [2.45, 2.75) is 24.6 Å². The molecule has 2 heterocycles. The van der Waals surface area contributed by atoms with Gasteiger partial charge in [0.1, 0.15) is 5.75 Å². The summed E-state index contributed by atoms with van der Waals surface area (Å²) in [7, 11) is 0. The van der Waals surface area contributed by atoms with Crippen molar-refractivity contribution < 1.29 is 4.74 Å². The Morgan fingerprint density at radius 3 is 3.00 bits per heavy atom. The second kappa shape index (κ2) is 5.33. The molecule has 0 spiro atoms. The highest BCUT2D eigenvalue weighted by atomic mass is 79.9. The summed E-state index contributed by atoms with van der Waals surface area (Å²) in [5, 5.41) is 0. The van der Waals surface area contributed by atoms with Crippen molar-refractivity contribution in [1.82, 2.24) is 4.98 Å². The molecule has 0 saturated heterocycles. The predicted octanol–water partition coefficient (Wildman–Crippen LogP) is 4.00. The van der Waals surface area contributed by atoms with E-state index < -0.39 is 0 Å². The zero-order chi connectivity index (χ0) is 13.2. The molecule has 0 aliphatic carbocycles. The van der Waals surface area contributed by atoms with Crippen LogP contribution in [0.5, 0.6) is 5.75 Å². The molecule has 1 aromatic carbocycles. The van der Waals surface area contributed by atoms with Gasteiger partial charge >= 0.3 is 0 Å². The Hall–Kier alpha value is -1.35. The second-order valence-electron chi connectivity index (χ2n) is 4.96. The van der Waals surface area contributed by atoms with Crippen LogP contribution in [0.1, 0.15) is 27.2 Å². The number of nitrogens with zero attached hydrogens (tertiary/aromatic N) is 1. The lowest BCUT2D eigenvalue weighted by atomic mass is 10.0. The van der Waals surface area contributed by atoms with Crippen molar-refractivity contribution in [2.24, 2.45) is 0 Å². The fourth-order valence-electron chi connectivity index (χ4n) is 2.32. The van der Waals surface area contributed by atoms with Crippen LogP contribution in [0, 0.1) is 6.92 Å². The standard InChI is InChI=1S/C16H16BrNO/c1-11-2-4-14(18-10-11)9-15(17)12-3-5-16-13(8-12)6-7-19-16/h2-5,8,10,15H,6-7,9H2,1H3. The summed E-state index contributed by atoms with van der Waals surface area (Å²) in [5.41, 5.74) is 4.93. The van der Waals surface area contributed by atoms with E-state index in [0.29, 0.717) is 4.83 Å². The molecular formula is C16H16BrNO. The third-order valence-corrected chi connectivity index (χ3v) is 4.29. The van der Waals surface area contributed by atoms with Crippen molar-refractivity contribution in [3.05, 3.63) is 58.9 Å². The summed E-state index contributed by atoms with van der Waals surface area (Å²) < 4.78 is 5.54. The lowest BCUT2D eigenvalue weighted by molar-refractivity contribution is 0.357. The van der Waals surface area contributed by atoms with Crippen LogP contribution in [-0.4, -0.2) is 11.6 Å². The minimum atomic E-state index is 0.300. The van der Waals surface area contributed by atoms with Crippen molar-refractivity contribution >= 4 is 15.9 Å². The van der Waals surface area contributed by atoms with E-state index in [9.17, 15) is 0 Å². The first-order valence-corrected chi connectivity index (χ1v) is 7.45. The Morgan fingerprint density at radius 1 is 1.32 bits per heavy atom. The molecule has 0 amide bonds. The first kappa shape index (κ1) is 12.7. The number of rotatable bonds is 3. The summed E-state index contributed by atoms with van der Waals surface area (Å²) in [4.78, 5) is 4.76.